The van der Waals surface area contributed by atoms with Gasteiger partial charge < -0.3 is 43.3 Å². The Morgan fingerprint density at radius 3 is 2.09 bits per heavy atom. The van der Waals surface area contributed by atoms with Crippen molar-refractivity contribution in [2.24, 2.45) is 0 Å². The number of hydrogen-bond acceptors (Lipinski definition) is 7. The fourth-order valence-electron chi connectivity index (χ4n) is 1.71. The summed E-state index contributed by atoms with van der Waals surface area (Å²) in [4.78, 5) is 11.6. The van der Waals surface area contributed by atoms with E-state index in [4.69, 9.17) is 10.2 Å². The molecule has 140 valence electrons. The van der Waals surface area contributed by atoms with Gasteiger partial charge in [0.15, 0.2) is 6.10 Å². The second-order valence-electron chi connectivity index (χ2n) is 5.94. The van der Waals surface area contributed by atoms with Gasteiger partial charge in [0.25, 0.3) is 5.91 Å². The Bertz CT molecular complexity index is 341. The van der Waals surface area contributed by atoms with Crippen LogP contribution in [0.4, 0.5) is 0 Å². The molecule has 1 unspecified atom stereocenters. The number of halogens is 1. The van der Waals surface area contributed by atoms with Crippen LogP contribution in [0, 0.1) is 0 Å². The lowest BCUT2D eigenvalue weighted by Crippen LogP contribution is -3.00. The van der Waals surface area contributed by atoms with Crippen molar-refractivity contribution in [2.75, 3.05) is 27.2 Å². The summed E-state index contributed by atoms with van der Waals surface area (Å²) < 4.78 is -0.194. The van der Waals surface area contributed by atoms with E-state index < -0.39 is 36.9 Å². The van der Waals surface area contributed by atoms with E-state index in [0.717, 1.165) is 0 Å². The summed E-state index contributed by atoms with van der Waals surface area (Å²) in [6, 6.07) is -0.0334. The molecule has 0 radical (unpaired) electrons. The summed E-state index contributed by atoms with van der Waals surface area (Å²) in [6.07, 6.45) is -6.12. The quantitative estimate of drug-likeness (QED) is 0.116. The van der Waals surface area contributed by atoms with Crippen molar-refractivity contribution in [3.63, 3.8) is 0 Å². The van der Waals surface area contributed by atoms with Gasteiger partial charge in [-0.3, -0.25) is 4.79 Å². The minimum atomic E-state index is -1.92. The highest BCUT2D eigenvalue weighted by molar-refractivity contribution is 5.81. The molecule has 0 aliphatic rings. The fraction of sp³-hybridized carbons (Fsp3) is 0.923. The van der Waals surface area contributed by atoms with Gasteiger partial charge in [-0.25, -0.2) is 5.21 Å². The molecule has 0 aromatic carbocycles. The van der Waals surface area contributed by atoms with Gasteiger partial charge in [-0.05, 0) is 13.3 Å². The van der Waals surface area contributed by atoms with E-state index in [2.05, 4.69) is 5.32 Å². The number of aliphatic hydroxyl groups excluding tert-OH is 5. The monoisotopic (exact) mass is 360 g/mol. The summed E-state index contributed by atoms with van der Waals surface area (Å²) in [6.45, 7) is 1.28. The maximum atomic E-state index is 11.6. The molecule has 0 aromatic heterocycles. The Kier molecular flexibility index (Phi) is 11.9. The molecule has 0 bridgehead atoms. The third-order valence-electron chi connectivity index (χ3n) is 3.70. The minimum Gasteiger partial charge on any atom is -1.00 e. The van der Waals surface area contributed by atoms with Gasteiger partial charge in [0.2, 0.25) is 0 Å². The molecule has 0 spiro atoms. The molecule has 0 aliphatic heterocycles. The van der Waals surface area contributed by atoms with Crippen molar-refractivity contribution in [2.45, 2.75) is 50.2 Å². The Balaban J connectivity index is 0. The van der Waals surface area contributed by atoms with Crippen molar-refractivity contribution in [3.8, 4) is 0 Å². The summed E-state index contributed by atoms with van der Waals surface area (Å²) in [7, 11) is 3.27. The number of amides is 1. The normalized spacial score (nSPS) is 18.3. The molecule has 7 N–H and O–H groups in total. The van der Waals surface area contributed by atoms with E-state index in [1.807, 2.05) is 6.92 Å². The van der Waals surface area contributed by atoms with Gasteiger partial charge in [0, 0.05) is 13.0 Å². The average Bonchev–Trinajstić information content (AvgIpc) is 2.46. The predicted octanol–water partition coefficient (Wildman–Crippen LogP) is -5.82. The van der Waals surface area contributed by atoms with E-state index in [1.54, 1.807) is 14.1 Å². The number of nitrogens with one attached hydrogen (secondary N) is 1. The Hall–Kier alpha value is -0.520. The van der Waals surface area contributed by atoms with Gasteiger partial charge in [-0.15, -0.1) is 0 Å². The topological polar surface area (TPSA) is 150 Å². The van der Waals surface area contributed by atoms with E-state index >= 15 is 0 Å². The van der Waals surface area contributed by atoms with Crippen molar-refractivity contribution in [1.29, 1.82) is 0 Å². The maximum Gasteiger partial charge on any atom is 0.251 e. The molecular formula is C13H29ClN2O7. The van der Waals surface area contributed by atoms with Gasteiger partial charge in [0.1, 0.15) is 24.4 Å². The largest absolute Gasteiger partial charge is 1.00 e. The maximum absolute atomic E-state index is 11.6. The van der Waals surface area contributed by atoms with Crippen molar-refractivity contribution in [3.05, 3.63) is 0 Å². The number of nitrogens with zero attached hydrogens (tertiary/aromatic N) is 1. The molecule has 0 aliphatic carbocycles. The van der Waals surface area contributed by atoms with Gasteiger partial charge in [-0.2, -0.15) is 4.65 Å². The highest BCUT2D eigenvalue weighted by Gasteiger charge is 2.34. The minimum absolute atomic E-state index is 0. The highest BCUT2D eigenvalue weighted by Crippen LogP contribution is 2.08. The standard InChI is InChI=1S/C13H28N2O7.ClH/c1-8(15(2,3)22)5-4-6-14-13(21)12(20)11(19)10(18)9(17)7-16;/h8-12,16-20,22H,4-7H2,1-3H3;1H/t8?,9-,10-,11+,12-;/m1./s1. The van der Waals surface area contributed by atoms with Crippen molar-refractivity contribution < 1.29 is 52.6 Å². The van der Waals surface area contributed by atoms with Gasteiger partial charge in [0.05, 0.1) is 20.7 Å². The zero-order valence-corrected chi connectivity index (χ0v) is 14.4. The first-order valence-electron chi connectivity index (χ1n) is 7.19. The molecule has 0 fully saturated rings. The molecule has 0 saturated heterocycles. The zero-order chi connectivity index (χ0) is 17.5. The molecule has 0 heterocycles. The van der Waals surface area contributed by atoms with Crippen LogP contribution < -0.4 is 17.7 Å². The van der Waals surface area contributed by atoms with E-state index in [9.17, 15) is 25.3 Å². The number of carbonyl (C=O) groups excluding carboxylic acids is 1. The van der Waals surface area contributed by atoms with Crippen molar-refractivity contribution in [1.82, 2.24) is 5.32 Å². The molecule has 0 rings (SSSR count). The summed E-state index contributed by atoms with van der Waals surface area (Å²) >= 11 is 0. The fourth-order valence-corrected chi connectivity index (χ4v) is 1.71. The van der Waals surface area contributed by atoms with Crippen LogP contribution in [0.15, 0.2) is 0 Å². The lowest BCUT2D eigenvalue weighted by atomic mass is 10.0. The molecule has 0 aromatic rings. The number of carbonyl (C=O) groups is 1. The first-order valence-corrected chi connectivity index (χ1v) is 7.19. The zero-order valence-electron chi connectivity index (χ0n) is 13.6. The van der Waals surface area contributed by atoms with E-state index in [-0.39, 0.29) is 29.6 Å². The molecular weight excluding hydrogens is 332 g/mol. The first kappa shape index (κ1) is 24.7. The van der Waals surface area contributed by atoms with Gasteiger partial charge in [-0.1, -0.05) is 0 Å². The Morgan fingerprint density at radius 1 is 1.13 bits per heavy atom. The number of rotatable bonds is 10. The SMILES string of the molecule is CC(CCCNC(=O)[C@H](O)[C@@H](O)[C@H](O)[C@H](O)CO)[N+](C)(C)O.[Cl-]. The van der Waals surface area contributed by atoms with Crippen LogP contribution in [0.1, 0.15) is 19.8 Å². The molecule has 9 nitrogen and oxygen atoms in total. The summed E-state index contributed by atoms with van der Waals surface area (Å²) in [5.74, 6) is -0.887. The molecule has 23 heavy (non-hydrogen) atoms. The van der Waals surface area contributed by atoms with E-state index in [0.29, 0.717) is 12.8 Å². The molecule has 10 heteroatoms. The number of aliphatic hydroxyl groups is 5. The smallest absolute Gasteiger partial charge is 0.251 e. The lowest BCUT2D eigenvalue weighted by Gasteiger charge is -2.27. The third-order valence-corrected chi connectivity index (χ3v) is 3.70. The van der Waals surface area contributed by atoms with E-state index in [1.165, 1.54) is 0 Å². The van der Waals surface area contributed by atoms with Crippen LogP contribution >= 0.6 is 0 Å². The first-order chi connectivity index (χ1) is 10.0. The second-order valence-corrected chi connectivity index (χ2v) is 5.94. The number of hydrogen-bond donors (Lipinski definition) is 7. The number of hydroxylamine groups is 3. The molecule has 0 saturated carbocycles. The van der Waals surface area contributed by atoms with Crippen molar-refractivity contribution >= 4 is 5.91 Å². The average molecular weight is 361 g/mol. The Labute approximate surface area is 142 Å². The predicted molar refractivity (Wildman–Crippen MR) is 76.7 cm³/mol. The van der Waals surface area contributed by atoms with Gasteiger partial charge >= 0.3 is 0 Å². The highest BCUT2D eigenvalue weighted by atomic mass is 35.5. The summed E-state index contributed by atoms with van der Waals surface area (Å²) in [5, 5.41) is 58.4. The summed E-state index contributed by atoms with van der Waals surface area (Å²) in [5.41, 5.74) is 0. The lowest BCUT2D eigenvalue weighted by molar-refractivity contribution is -1.09. The van der Waals surface area contributed by atoms with Crippen LogP contribution in [0.2, 0.25) is 0 Å². The van der Waals surface area contributed by atoms with Crippen LogP contribution in [-0.2, 0) is 4.79 Å². The third kappa shape index (κ3) is 8.77. The number of quaternary nitrogens is 1. The molecule has 5 atom stereocenters. The van der Waals surface area contributed by atoms with Crippen LogP contribution in [-0.4, -0.2) is 99.0 Å². The Morgan fingerprint density at radius 2 is 1.65 bits per heavy atom. The van der Waals surface area contributed by atoms with Crippen LogP contribution in [0.3, 0.4) is 0 Å². The molecule has 1 amide bonds. The van der Waals surface area contributed by atoms with Crippen LogP contribution in [0.5, 0.6) is 0 Å². The van der Waals surface area contributed by atoms with Crippen LogP contribution in [0.25, 0.3) is 0 Å². The second kappa shape index (κ2) is 11.1.